The molecule has 0 aromatic heterocycles. The summed E-state index contributed by atoms with van der Waals surface area (Å²) in [5, 5.41) is 11.8. The first-order chi connectivity index (χ1) is 11.0. The Morgan fingerprint density at radius 1 is 1.30 bits per heavy atom. The first kappa shape index (κ1) is 17.3. The Kier molecular flexibility index (Phi) is 5.98. The van der Waals surface area contributed by atoms with Crippen LogP contribution in [-0.2, 0) is 9.53 Å². The number of aromatic carboxylic acids is 1. The maximum absolute atomic E-state index is 12.0. The molecule has 2 rings (SSSR count). The van der Waals surface area contributed by atoms with Gasteiger partial charge in [0, 0.05) is 0 Å². The molecule has 0 spiro atoms. The van der Waals surface area contributed by atoms with E-state index in [2.05, 4.69) is 5.32 Å². The van der Waals surface area contributed by atoms with Gasteiger partial charge >= 0.3 is 5.97 Å². The number of amides is 1. The van der Waals surface area contributed by atoms with E-state index in [1.807, 2.05) is 13.8 Å². The summed E-state index contributed by atoms with van der Waals surface area (Å²) in [6.07, 6.45) is 4.32. The molecule has 126 valence electrons. The molecule has 1 saturated carbocycles. The minimum absolute atomic E-state index is 0.0386. The van der Waals surface area contributed by atoms with E-state index in [0.29, 0.717) is 11.4 Å². The molecule has 0 saturated heterocycles. The zero-order valence-electron chi connectivity index (χ0n) is 13.5. The Morgan fingerprint density at radius 3 is 2.61 bits per heavy atom. The number of carboxylic acid groups (broad SMARTS) is 1. The standard InChI is InChI=1S/C17H23NO5/c1-11(2)23-15-8-7-12(17(20)21)9-14(15)18-16(19)10-22-13-5-3-4-6-13/h7-9,11,13H,3-6,10H2,1-2H3,(H,18,19)(H,20,21). The number of anilines is 1. The minimum atomic E-state index is -1.06. The highest BCUT2D eigenvalue weighted by Gasteiger charge is 2.18. The molecule has 1 aromatic rings. The molecule has 2 N–H and O–H groups in total. The summed E-state index contributed by atoms with van der Waals surface area (Å²) >= 11 is 0. The van der Waals surface area contributed by atoms with Gasteiger partial charge in [0.05, 0.1) is 23.5 Å². The summed E-state index contributed by atoms with van der Waals surface area (Å²) in [5.41, 5.74) is 0.437. The van der Waals surface area contributed by atoms with Crippen molar-refractivity contribution in [1.29, 1.82) is 0 Å². The Bertz CT molecular complexity index is 564. The molecule has 0 heterocycles. The van der Waals surface area contributed by atoms with Gasteiger partial charge in [-0.2, -0.15) is 0 Å². The van der Waals surface area contributed by atoms with Crippen molar-refractivity contribution in [3.8, 4) is 5.75 Å². The largest absolute Gasteiger partial charge is 0.489 e. The van der Waals surface area contributed by atoms with Gasteiger partial charge in [-0.25, -0.2) is 4.79 Å². The molecule has 1 aliphatic carbocycles. The number of benzene rings is 1. The van der Waals surface area contributed by atoms with E-state index in [9.17, 15) is 9.59 Å². The summed E-state index contributed by atoms with van der Waals surface area (Å²) in [6, 6.07) is 4.40. The number of rotatable bonds is 7. The molecule has 6 nitrogen and oxygen atoms in total. The van der Waals surface area contributed by atoms with Crippen molar-refractivity contribution < 1.29 is 24.2 Å². The van der Waals surface area contributed by atoms with Gasteiger partial charge < -0.3 is 19.9 Å². The number of hydrogen-bond donors (Lipinski definition) is 2. The van der Waals surface area contributed by atoms with E-state index in [0.717, 1.165) is 25.7 Å². The van der Waals surface area contributed by atoms with Crippen LogP contribution in [0.1, 0.15) is 49.9 Å². The van der Waals surface area contributed by atoms with Crippen LogP contribution in [0.2, 0.25) is 0 Å². The number of carbonyl (C=O) groups excluding carboxylic acids is 1. The van der Waals surface area contributed by atoms with Gasteiger partial charge in [-0.05, 0) is 44.9 Å². The number of ether oxygens (including phenoxy) is 2. The van der Waals surface area contributed by atoms with Gasteiger partial charge in [0.2, 0.25) is 5.91 Å². The predicted octanol–water partition coefficient (Wildman–Crippen LogP) is 3.07. The molecule has 1 fully saturated rings. The van der Waals surface area contributed by atoms with Gasteiger partial charge in [-0.15, -0.1) is 0 Å². The van der Waals surface area contributed by atoms with Crippen LogP contribution >= 0.6 is 0 Å². The van der Waals surface area contributed by atoms with Crippen molar-refractivity contribution in [2.75, 3.05) is 11.9 Å². The van der Waals surface area contributed by atoms with Crippen LogP contribution in [0.15, 0.2) is 18.2 Å². The summed E-state index contributed by atoms with van der Waals surface area (Å²) in [4.78, 5) is 23.1. The van der Waals surface area contributed by atoms with Crippen molar-refractivity contribution in [3.63, 3.8) is 0 Å². The number of nitrogens with one attached hydrogen (secondary N) is 1. The highest BCUT2D eigenvalue weighted by molar-refractivity contribution is 5.96. The van der Waals surface area contributed by atoms with Crippen LogP contribution in [0, 0.1) is 0 Å². The average Bonchev–Trinajstić information content (AvgIpc) is 2.99. The van der Waals surface area contributed by atoms with Crippen LogP contribution < -0.4 is 10.1 Å². The molecule has 1 aromatic carbocycles. The van der Waals surface area contributed by atoms with Gasteiger partial charge in [0.25, 0.3) is 0 Å². The molecule has 0 bridgehead atoms. The fourth-order valence-electron chi connectivity index (χ4n) is 2.55. The highest BCUT2D eigenvalue weighted by atomic mass is 16.5. The van der Waals surface area contributed by atoms with Crippen molar-refractivity contribution >= 4 is 17.6 Å². The second-order valence-electron chi connectivity index (χ2n) is 5.95. The molecular formula is C17H23NO5. The van der Waals surface area contributed by atoms with E-state index in [1.54, 1.807) is 6.07 Å². The Balaban J connectivity index is 2.03. The van der Waals surface area contributed by atoms with Crippen LogP contribution in [0.3, 0.4) is 0 Å². The van der Waals surface area contributed by atoms with Gasteiger partial charge in [-0.1, -0.05) is 12.8 Å². The summed E-state index contributed by atoms with van der Waals surface area (Å²) in [5.74, 6) is -0.925. The van der Waals surface area contributed by atoms with Crippen LogP contribution in [0.4, 0.5) is 5.69 Å². The Morgan fingerprint density at radius 2 is 2.00 bits per heavy atom. The molecular weight excluding hydrogens is 298 g/mol. The molecule has 1 amide bonds. The smallest absolute Gasteiger partial charge is 0.335 e. The second-order valence-corrected chi connectivity index (χ2v) is 5.95. The van der Waals surface area contributed by atoms with E-state index >= 15 is 0 Å². The number of hydrogen-bond acceptors (Lipinski definition) is 4. The van der Waals surface area contributed by atoms with E-state index in [-0.39, 0.29) is 30.3 Å². The lowest BCUT2D eigenvalue weighted by Gasteiger charge is -2.16. The topological polar surface area (TPSA) is 84.9 Å². The maximum Gasteiger partial charge on any atom is 0.335 e. The van der Waals surface area contributed by atoms with Crippen LogP contribution in [0.25, 0.3) is 0 Å². The lowest BCUT2D eigenvalue weighted by molar-refractivity contribution is -0.122. The molecule has 0 radical (unpaired) electrons. The third kappa shape index (κ3) is 5.25. The third-order valence-electron chi connectivity index (χ3n) is 3.62. The third-order valence-corrected chi connectivity index (χ3v) is 3.62. The Labute approximate surface area is 135 Å². The molecule has 0 aliphatic heterocycles. The average molecular weight is 321 g/mol. The number of carboxylic acids is 1. The first-order valence-electron chi connectivity index (χ1n) is 7.91. The van der Waals surface area contributed by atoms with Gasteiger partial charge in [0.15, 0.2) is 0 Å². The Hall–Kier alpha value is -2.08. The van der Waals surface area contributed by atoms with Crippen LogP contribution in [0.5, 0.6) is 5.75 Å². The monoisotopic (exact) mass is 321 g/mol. The van der Waals surface area contributed by atoms with Gasteiger partial charge in [-0.3, -0.25) is 4.79 Å². The van der Waals surface area contributed by atoms with Crippen molar-refractivity contribution in [2.24, 2.45) is 0 Å². The molecule has 6 heteroatoms. The SMILES string of the molecule is CC(C)Oc1ccc(C(=O)O)cc1NC(=O)COC1CCCC1. The number of carbonyl (C=O) groups is 2. The highest BCUT2D eigenvalue weighted by Crippen LogP contribution is 2.27. The van der Waals surface area contributed by atoms with E-state index in [4.69, 9.17) is 14.6 Å². The molecule has 23 heavy (non-hydrogen) atoms. The normalized spacial score (nSPS) is 14.9. The van der Waals surface area contributed by atoms with Crippen molar-refractivity contribution in [3.05, 3.63) is 23.8 Å². The van der Waals surface area contributed by atoms with Gasteiger partial charge in [0.1, 0.15) is 12.4 Å². The first-order valence-corrected chi connectivity index (χ1v) is 7.91. The maximum atomic E-state index is 12.0. The summed E-state index contributed by atoms with van der Waals surface area (Å²) < 4.78 is 11.2. The molecule has 1 aliphatic rings. The fraction of sp³-hybridized carbons (Fsp3) is 0.529. The molecule has 0 atom stereocenters. The van der Waals surface area contributed by atoms with Crippen molar-refractivity contribution in [2.45, 2.75) is 51.7 Å². The van der Waals surface area contributed by atoms with E-state index < -0.39 is 5.97 Å². The quantitative estimate of drug-likeness (QED) is 0.806. The zero-order valence-corrected chi connectivity index (χ0v) is 13.5. The zero-order chi connectivity index (χ0) is 16.8. The van der Waals surface area contributed by atoms with E-state index in [1.165, 1.54) is 12.1 Å². The minimum Gasteiger partial charge on any atom is -0.489 e. The molecule has 0 unspecified atom stereocenters. The van der Waals surface area contributed by atoms with Crippen molar-refractivity contribution in [1.82, 2.24) is 0 Å². The lowest BCUT2D eigenvalue weighted by Crippen LogP contribution is -2.22. The van der Waals surface area contributed by atoms with Crippen LogP contribution in [-0.4, -0.2) is 35.8 Å². The summed E-state index contributed by atoms with van der Waals surface area (Å²) in [7, 11) is 0. The predicted molar refractivity (Wildman–Crippen MR) is 86.0 cm³/mol. The lowest BCUT2D eigenvalue weighted by atomic mass is 10.2. The fourth-order valence-corrected chi connectivity index (χ4v) is 2.55. The second kappa shape index (κ2) is 7.97. The summed E-state index contributed by atoms with van der Waals surface area (Å²) in [6.45, 7) is 3.68.